The Morgan fingerprint density at radius 1 is 1.57 bits per heavy atom. The number of ether oxygens (including phenoxy) is 1. The average Bonchev–Trinajstić information content (AvgIpc) is 2.46. The quantitative estimate of drug-likeness (QED) is 0.564. The number of phenols is 1. The highest BCUT2D eigenvalue weighted by molar-refractivity contribution is 9.10. The number of benzene rings is 1. The van der Waals surface area contributed by atoms with Crippen LogP contribution in [0.4, 0.5) is 5.69 Å². The van der Waals surface area contributed by atoms with E-state index in [1.807, 2.05) is 0 Å². The molecule has 0 unspecified atom stereocenters. The Hall–Kier alpha value is -2.06. The van der Waals surface area contributed by atoms with E-state index in [1.54, 1.807) is 12.1 Å². The molecule has 0 bridgehead atoms. The van der Waals surface area contributed by atoms with Crippen LogP contribution in [0.5, 0.6) is 11.5 Å². The molecule has 1 heterocycles. The smallest absolute Gasteiger partial charge is 0.285 e. The highest BCUT2D eigenvalue weighted by Gasteiger charge is 2.08. The summed E-state index contributed by atoms with van der Waals surface area (Å²) in [4.78, 5) is 11.3. The van der Waals surface area contributed by atoms with Crippen molar-refractivity contribution in [1.29, 1.82) is 0 Å². The fraction of sp³-hybridized carbons (Fsp3) is 0.0833. The van der Waals surface area contributed by atoms with Gasteiger partial charge in [-0.2, -0.15) is 10.2 Å². The van der Waals surface area contributed by atoms with Crippen molar-refractivity contribution in [1.82, 2.24) is 10.2 Å². The fourth-order valence-corrected chi connectivity index (χ4v) is 2.07. The van der Waals surface area contributed by atoms with E-state index in [4.69, 9.17) is 16.3 Å². The van der Waals surface area contributed by atoms with Gasteiger partial charge < -0.3 is 9.84 Å². The molecule has 2 aromatic rings. The highest BCUT2D eigenvalue weighted by atomic mass is 79.9. The van der Waals surface area contributed by atoms with Crippen LogP contribution in [0, 0.1) is 0 Å². The number of aromatic hydroxyl groups is 1. The first kappa shape index (κ1) is 15.3. The van der Waals surface area contributed by atoms with Crippen LogP contribution in [0.1, 0.15) is 5.56 Å². The molecule has 0 aliphatic heterocycles. The number of phenolic OH excluding ortho intramolecular Hbond substituents is 1. The lowest BCUT2D eigenvalue weighted by atomic mass is 10.2. The molecule has 0 spiro atoms. The minimum absolute atomic E-state index is 0.0543. The second-order valence-electron chi connectivity index (χ2n) is 3.84. The second-order valence-corrected chi connectivity index (χ2v) is 5.14. The molecule has 0 aliphatic carbocycles. The number of H-pyrrole nitrogens is 1. The molecule has 2 rings (SSSR count). The lowest BCUT2D eigenvalue weighted by Crippen LogP contribution is -2.10. The van der Waals surface area contributed by atoms with E-state index in [0.717, 1.165) is 4.47 Å². The third kappa shape index (κ3) is 3.53. The first-order valence-corrected chi connectivity index (χ1v) is 6.78. The number of aromatic nitrogens is 2. The molecule has 1 aromatic heterocycles. The number of halogens is 2. The zero-order chi connectivity index (χ0) is 15.4. The van der Waals surface area contributed by atoms with Gasteiger partial charge >= 0.3 is 0 Å². The summed E-state index contributed by atoms with van der Waals surface area (Å²) in [5.74, 6) is 0.253. The molecule has 9 heteroatoms. The zero-order valence-electron chi connectivity index (χ0n) is 10.7. The molecule has 0 amide bonds. The van der Waals surface area contributed by atoms with Gasteiger partial charge in [0.1, 0.15) is 10.7 Å². The van der Waals surface area contributed by atoms with Gasteiger partial charge in [0.15, 0.2) is 11.5 Å². The Bertz CT molecular complexity index is 748. The number of nitrogens with zero attached hydrogens (tertiary/aromatic N) is 2. The van der Waals surface area contributed by atoms with Gasteiger partial charge in [-0.15, -0.1) is 0 Å². The Morgan fingerprint density at radius 2 is 2.33 bits per heavy atom. The number of rotatable bonds is 4. The van der Waals surface area contributed by atoms with Crippen LogP contribution in [0.25, 0.3) is 0 Å². The van der Waals surface area contributed by atoms with E-state index in [0.29, 0.717) is 11.3 Å². The van der Waals surface area contributed by atoms with Crippen LogP contribution in [-0.4, -0.2) is 28.6 Å². The van der Waals surface area contributed by atoms with Crippen LogP contribution in [0.3, 0.4) is 0 Å². The Kier molecular flexibility index (Phi) is 4.81. The van der Waals surface area contributed by atoms with Crippen LogP contribution < -0.4 is 15.7 Å². The summed E-state index contributed by atoms with van der Waals surface area (Å²) in [5.41, 5.74) is 2.72. The van der Waals surface area contributed by atoms with Gasteiger partial charge in [0.2, 0.25) is 0 Å². The van der Waals surface area contributed by atoms with Gasteiger partial charge in [0.25, 0.3) is 5.56 Å². The summed E-state index contributed by atoms with van der Waals surface area (Å²) in [6, 6.07) is 3.28. The molecule has 21 heavy (non-hydrogen) atoms. The maximum atomic E-state index is 11.3. The summed E-state index contributed by atoms with van der Waals surface area (Å²) >= 11 is 9.08. The highest BCUT2D eigenvalue weighted by Crippen LogP contribution is 2.32. The molecule has 0 atom stereocenters. The summed E-state index contributed by atoms with van der Waals surface area (Å²) < 4.78 is 5.74. The van der Waals surface area contributed by atoms with Crippen molar-refractivity contribution < 1.29 is 9.84 Å². The predicted octanol–water partition coefficient (Wildman–Crippen LogP) is 2.35. The lowest BCUT2D eigenvalue weighted by Gasteiger charge is -2.07. The number of nitrogens with one attached hydrogen (secondary N) is 2. The predicted molar refractivity (Wildman–Crippen MR) is 83.4 cm³/mol. The van der Waals surface area contributed by atoms with Crippen molar-refractivity contribution in [2.24, 2.45) is 5.10 Å². The summed E-state index contributed by atoms with van der Waals surface area (Å²) in [6.07, 6.45) is 2.68. The van der Waals surface area contributed by atoms with Gasteiger partial charge in [0.05, 0.1) is 19.5 Å². The van der Waals surface area contributed by atoms with Crippen molar-refractivity contribution in [2.45, 2.75) is 0 Å². The van der Waals surface area contributed by atoms with Gasteiger partial charge in [-0.1, -0.05) is 27.5 Å². The van der Waals surface area contributed by atoms with Crippen molar-refractivity contribution in [2.75, 3.05) is 12.5 Å². The van der Waals surface area contributed by atoms with Crippen LogP contribution >= 0.6 is 27.5 Å². The molecular formula is C12H10BrClN4O3. The number of hydrogen-bond acceptors (Lipinski definition) is 6. The van der Waals surface area contributed by atoms with Crippen molar-refractivity contribution >= 4 is 39.4 Å². The van der Waals surface area contributed by atoms with E-state index in [2.05, 4.69) is 36.7 Å². The topological polar surface area (TPSA) is 99.6 Å². The van der Waals surface area contributed by atoms with Crippen molar-refractivity contribution in [3.05, 3.63) is 43.7 Å². The molecule has 1 aromatic carbocycles. The van der Waals surface area contributed by atoms with Crippen LogP contribution in [-0.2, 0) is 0 Å². The van der Waals surface area contributed by atoms with Gasteiger partial charge in [-0.05, 0) is 12.1 Å². The summed E-state index contributed by atoms with van der Waals surface area (Å²) in [5, 5.41) is 19.6. The normalized spacial score (nSPS) is 10.8. The maximum Gasteiger partial charge on any atom is 0.285 e. The minimum Gasteiger partial charge on any atom is -0.504 e. The van der Waals surface area contributed by atoms with E-state index in [1.165, 1.54) is 19.5 Å². The third-order valence-corrected chi connectivity index (χ3v) is 3.31. The molecule has 0 radical (unpaired) electrons. The first-order chi connectivity index (χ1) is 10.0. The first-order valence-electron chi connectivity index (χ1n) is 5.61. The lowest BCUT2D eigenvalue weighted by molar-refractivity contribution is 0.373. The summed E-state index contributed by atoms with van der Waals surface area (Å²) in [6.45, 7) is 0. The van der Waals surface area contributed by atoms with Crippen LogP contribution in [0.2, 0.25) is 5.02 Å². The van der Waals surface area contributed by atoms with Crippen molar-refractivity contribution in [3.8, 4) is 11.5 Å². The van der Waals surface area contributed by atoms with E-state index in [9.17, 15) is 9.90 Å². The van der Waals surface area contributed by atoms with Crippen molar-refractivity contribution in [3.63, 3.8) is 0 Å². The largest absolute Gasteiger partial charge is 0.504 e. The molecule has 7 nitrogen and oxygen atoms in total. The standard InChI is InChI=1S/C12H10BrClN4O3/c1-21-9-3-7(13)2-6(11(9)19)4-15-17-8-5-16-18-12(20)10(8)14/h2-5,19H,1H3,(H2,17,18,20)/b15-4+. The Morgan fingerprint density at radius 3 is 3.05 bits per heavy atom. The summed E-state index contributed by atoms with van der Waals surface area (Å²) in [7, 11) is 1.45. The maximum absolute atomic E-state index is 11.3. The van der Waals surface area contributed by atoms with E-state index < -0.39 is 5.56 Å². The number of aromatic amines is 1. The average molecular weight is 374 g/mol. The molecule has 3 N–H and O–H groups in total. The fourth-order valence-electron chi connectivity index (χ4n) is 1.48. The van der Waals surface area contributed by atoms with Gasteiger partial charge in [-0.3, -0.25) is 10.2 Å². The molecule has 0 saturated heterocycles. The third-order valence-electron chi connectivity index (χ3n) is 2.47. The van der Waals surface area contributed by atoms with Crippen LogP contribution in [0.15, 0.2) is 32.7 Å². The number of anilines is 1. The number of methoxy groups -OCH3 is 1. The molecular weight excluding hydrogens is 364 g/mol. The Labute approximate surface area is 132 Å². The molecule has 110 valence electrons. The minimum atomic E-state index is -0.524. The molecule has 0 saturated carbocycles. The molecule has 0 aliphatic rings. The zero-order valence-corrected chi connectivity index (χ0v) is 13.1. The number of hydrogen-bond donors (Lipinski definition) is 3. The van der Waals surface area contributed by atoms with E-state index >= 15 is 0 Å². The number of hydrazone groups is 1. The van der Waals surface area contributed by atoms with E-state index in [-0.39, 0.29) is 16.5 Å². The second kappa shape index (κ2) is 6.59. The molecule has 0 fully saturated rings. The van der Waals surface area contributed by atoms with Gasteiger partial charge in [0, 0.05) is 10.0 Å². The monoisotopic (exact) mass is 372 g/mol. The Balaban J connectivity index is 2.24. The SMILES string of the molecule is COc1cc(Br)cc(/C=N/Nc2cn[nH]c(=O)c2Cl)c1O. The van der Waals surface area contributed by atoms with Gasteiger partial charge in [-0.25, -0.2) is 5.10 Å².